The minimum Gasteiger partial charge on any atom is -0.478 e. The summed E-state index contributed by atoms with van der Waals surface area (Å²) in [4.78, 5) is 22.4. The molecule has 0 aliphatic carbocycles. The van der Waals surface area contributed by atoms with E-state index in [1.807, 2.05) is 0 Å². The molecule has 7 heteroatoms. The van der Waals surface area contributed by atoms with Gasteiger partial charge in [0.15, 0.2) is 0 Å². The number of carbonyl (C=O) groups is 2. The molecule has 0 aliphatic heterocycles. The summed E-state index contributed by atoms with van der Waals surface area (Å²) >= 11 is 0. The van der Waals surface area contributed by atoms with E-state index in [4.69, 9.17) is 9.84 Å². The lowest BCUT2D eigenvalue weighted by atomic mass is 10.1. The number of benzene rings is 1. The largest absolute Gasteiger partial charge is 0.478 e. The summed E-state index contributed by atoms with van der Waals surface area (Å²) in [7, 11) is 0. The van der Waals surface area contributed by atoms with Crippen molar-refractivity contribution in [1.29, 1.82) is 0 Å². The zero-order valence-corrected chi connectivity index (χ0v) is 13.0. The number of carboxylic acid groups (broad SMARTS) is 1. The summed E-state index contributed by atoms with van der Waals surface area (Å²) in [6, 6.07) is 4.18. The zero-order chi connectivity index (χ0) is 18.3. The van der Waals surface area contributed by atoms with Crippen LogP contribution in [0.4, 0.5) is 13.2 Å². The van der Waals surface area contributed by atoms with Gasteiger partial charge in [0.2, 0.25) is 0 Å². The van der Waals surface area contributed by atoms with Gasteiger partial charge in [0.05, 0.1) is 12.2 Å². The number of esters is 1. The van der Waals surface area contributed by atoms with E-state index in [1.165, 1.54) is 25.1 Å². The Morgan fingerprint density at radius 3 is 2.29 bits per heavy atom. The van der Waals surface area contributed by atoms with Gasteiger partial charge < -0.3 is 9.84 Å². The number of alkyl halides is 3. The summed E-state index contributed by atoms with van der Waals surface area (Å²) in [5, 5.41) is 9.15. The summed E-state index contributed by atoms with van der Waals surface area (Å²) in [5.41, 5.74) is -0.197. The average Bonchev–Trinajstić information content (AvgIpc) is 2.49. The Morgan fingerprint density at radius 2 is 1.83 bits per heavy atom. The SMILES string of the molecule is C=C(C)C(=O)OCCCC(=Cc1ccc(C(F)(F)F)cc1)C(=O)O. The van der Waals surface area contributed by atoms with Crippen molar-refractivity contribution in [2.45, 2.75) is 25.9 Å². The summed E-state index contributed by atoms with van der Waals surface area (Å²) in [5.74, 6) is -1.74. The molecule has 1 aromatic rings. The monoisotopic (exact) mass is 342 g/mol. The van der Waals surface area contributed by atoms with Crippen LogP contribution in [0, 0.1) is 0 Å². The lowest BCUT2D eigenvalue weighted by Crippen LogP contribution is -2.08. The van der Waals surface area contributed by atoms with Crippen LogP contribution in [-0.2, 0) is 20.5 Å². The molecule has 0 atom stereocenters. The smallest absolute Gasteiger partial charge is 0.416 e. The van der Waals surface area contributed by atoms with E-state index in [1.54, 1.807) is 0 Å². The molecule has 0 spiro atoms. The fraction of sp³-hybridized carbons (Fsp3) is 0.294. The topological polar surface area (TPSA) is 63.6 Å². The minimum atomic E-state index is -4.44. The highest BCUT2D eigenvalue weighted by Gasteiger charge is 2.29. The summed E-state index contributed by atoms with van der Waals surface area (Å²) in [6.07, 6.45) is -2.76. The highest BCUT2D eigenvalue weighted by Crippen LogP contribution is 2.29. The number of hydrogen-bond donors (Lipinski definition) is 1. The molecule has 0 bridgehead atoms. The van der Waals surface area contributed by atoms with E-state index >= 15 is 0 Å². The predicted octanol–water partition coefficient (Wildman–Crippen LogP) is 4.07. The standard InChI is InChI=1S/C17H17F3O4/c1-11(2)16(23)24-9-3-4-13(15(21)22)10-12-5-7-14(8-6-12)17(18,19)20/h5-8,10H,1,3-4,9H2,2H3,(H,21,22). The molecule has 1 N–H and O–H groups in total. The van der Waals surface area contributed by atoms with Crippen molar-refractivity contribution in [2.75, 3.05) is 6.61 Å². The van der Waals surface area contributed by atoms with E-state index in [2.05, 4.69) is 6.58 Å². The molecule has 1 rings (SSSR count). The second kappa shape index (κ2) is 8.33. The van der Waals surface area contributed by atoms with Crippen LogP contribution in [0.25, 0.3) is 6.08 Å². The van der Waals surface area contributed by atoms with Gasteiger partial charge in [-0.25, -0.2) is 9.59 Å². The third-order valence-electron chi connectivity index (χ3n) is 3.03. The summed E-state index contributed by atoms with van der Waals surface area (Å²) in [6.45, 7) is 4.94. The summed E-state index contributed by atoms with van der Waals surface area (Å²) < 4.78 is 42.3. The quantitative estimate of drug-likeness (QED) is 0.461. The van der Waals surface area contributed by atoms with Crippen LogP contribution in [0.2, 0.25) is 0 Å². The van der Waals surface area contributed by atoms with Crippen LogP contribution >= 0.6 is 0 Å². The maximum atomic E-state index is 12.5. The van der Waals surface area contributed by atoms with Crippen LogP contribution in [-0.4, -0.2) is 23.7 Å². The van der Waals surface area contributed by atoms with Crippen molar-refractivity contribution in [3.63, 3.8) is 0 Å². The molecule has 0 aliphatic rings. The third kappa shape index (κ3) is 6.28. The molecular weight excluding hydrogens is 325 g/mol. The van der Waals surface area contributed by atoms with Gasteiger partial charge in [0.25, 0.3) is 0 Å². The van der Waals surface area contributed by atoms with E-state index in [9.17, 15) is 22.8 Å². The number of hydrogen-bond acceptors (Lipinski definition) is 3. The van der Waals surface area contributed by atoms with Crippen LogP contribution in [0.5, 0.6) is 0 Å². The number of rotatable bonds is 7. The second-order valence-corrected chi connectivity index (χ2v) is 5.11. The van der Waals surface area contributed by atoms with Gasteiger partial charge in [-0.3, -0.25) is 0 Å². The van der Waals surface area contributed by atoms with Crippen LogP contribution in [0.15, 0.2) is 42.0 Å². The zero-order valence-electron chi connectivity index (χ0n) is 13.0. The fourth-order valence-electron chi connectivity index (χ4n) is 1.76. The van der Waals surface area contributed by atoms with E-state index in [0.717, 1.165) is 12.1 Å². The molecule has 0 fully saturated rings. The van der Waals surface area contributed by atoms with Crippen molar-refractivity contribution in [2.24, 2.45) is 0 Å². The maximum absolute atomic E-state index is 12.5. The van der Waals surface area contributed by atoms with E-state index < -0.39 is 23.7 Å². The number of aliphatic carboxylic acids is 1. The van der Waals surface area contributed by atoms with Crippen LogP contribution < -0.4 is 0 Å². The Hall–Kier alpha value is -2.57. The molecule has 0 aromatic heterocycles. The number of halogens is 3. The molecule has 24 heavy (non-hydrogen) atoms. The van der Waals surface area contributed by atoms with Crippen molar-refractivity contribution < 1.29 is 32.6 Å². The average molecular weight is 342 g/mol. The third-order valence-corrected chi connectivity index (χ3v) is 3.03. The molecule has 4 nitrogen and oxygen atoms in total. The predicted molar refractivity (Wildman–Crippen MR) is 82.1 cm³/mol. The molecule has 0 radical (unpaired) electrons. The first-order chi connectivity index (χ1) is 11.1. The maximum Gasteiger partial charge on any atom is 0.416 e. The molecule has 0 amide bonds. The molecule has 0 saturated carbocycles. The molecule has 130 valence electrons. The number of carboxylic acids is 1. The molecule has 1 aromatic carbocycles. The Bertz CT molecular complexity index is 643. The van der Waals surface area contributed by atoms with Gasteiger partial charge >= 0.3 is 18.1 Å². The Balaban J connectivity index is 2.71. The highest BCUT2D eigenvalue weighted by atomic mass is 19.4. The lowest BCUT2D eigenvalue weighted by molar-refractivity contribution is -0.139. The van der Waals surface area contributed by atoms with Crippen molar-refractivity contribution >= 4 is 18.0 Å². The fourth-order valence-corrected chi connectivity index (χ4v) is 1.76. The van der Waals surface area contributed by atoms with Crippen molar-refractivity contribution in [3.05, 3.63) is 53.1 Å². The van der Waals surface area contributed by atoms with Crippen LogP contribution in [0.1, 0.15) is 30.9 Å². The van der Waals surface area contributed by atoms with Gasteiger partial charge in [-0.05, 0) is 43.5 Å². The van der Waals surface area contributed by atoms with Gasteiger partial charge in [0, 0.05) is 11.1 Å². The van der Waals surface area contributed by atoms with Gasteiger partial charge in [-0.2, -0.15) is 13.2 Å². The first-order valence-electron chi connectivity index (χ1n) is 7.05. The van der Waals surface area contributed by atoms with Gasteiger partial charge in [-0.15, -0.1) is 0 Å². The number of ether oxygens (including phenoxy) is 1. The molecule has 0 unspecified atom stereocenters. The Kier molecular flexibility index (Phi) is 6.76. The first-order valence-corrected chi connectivity index (χ1v) is 7.05. The van der Waals surface area contributed by atoms with E-state index in [-0.39, 0.29) is 30.6 Å². The van der Waals surface area contributed by atoms with E-state index in [0.29, 0.717) is 5.56 Å². The van der Waals surface area contributed by atoms with Gasteiger partial charge in [-0.1, -0.05) is 18.7 Å². The first kappa shape index (κ1) is 19.5. The van der Waals surface area contributed by atoms with Crippen LogP contribution in [0.3, 0.4) is 0 Å². The van der Waals surface area contributed by atoms with Gasteiger partial charge in [0.1, 0.15) is 0 Å². The highest BCUT2D eigenvalue weighted by molar-refractivity contribution is 5.92. The van der Waals surface area contributed by atoms with Crippen molar-refractivity contribution in [3.8, 4) is 0 Å². The second-order valence-electron chi connectivity index (χ2n) is 5.11. The van der Waals surface area contributed by atoms with Crippen molar-refractivity contribution in [1.82, 2.24) is 0 Å². The molecule has 0 heterocycles. The minimum absolute atomic E-state index is 0.0149. The number of carbonyl (C=O) groups excluding carboxylic acids is 1. The lowest BCUT2D eigenvalue weighted by Gasteiger charge is -2.07. The Morgan fingerprint density at radius 1 is 1.25 bits per heavy atom. The Labute approximate surface area is 137 Å². The molecule has 0 saturated heterocycles. The normalized spacial score (nSPS) is 11.9. The molecular formula is C17H17F3O4.